The van der Waals surface area contributed by atoms with Gasteiger partial charge in [0.2, 0.25) is 0 Å². The minimum atomic E-state index is -3.09. The maximum Gasteiger partial charge on any atom is 0.320 e. The van der Waals surface area contributed by atoms with Crippen molar-refractivity contribution in [3.8, 4) is 0 Å². The van der Waals surface area contributed by atoms with Crippen LogP contribution in [-0.2, 0) is 14.6 Å². The molecule has 0 aromatic rings. The topological polar surface area (TPSA) is 74.7 Å². The lowest BCUT2D eigenvalue weighted by Gasteiger charge is -2.50. The number of aliphatic carboxylic acids is 1. The SMILES string of the molecule is CS(=O)(=O)CCC(C(=O)O)N1CC2(CCCC2)C1. The summed E-state index contributed by atoms with van der Waals surface area (Å²) in [4.78, 5) is 13.1. The molecule has 1 unspecified atom stereocenters. The second-order valence-electron chi connectivity index (χ2n) is 5.88. The maximum atomic E-state index is 11.2. The molecule has 2 aliphatic rings. The van der Waals surface area contributed by atoms with E-state index in [1.54, 1.807) is 0 Å². The molecule has 0 aromatic carbocycles. The Bertz CT molecular complexity index is 417. The van der Waals surface area contributed by atoms with Crippen molar-refractivity contribution in [2.45, 2.75) is 38.1 Å². The van der Waals surface area contributed by atoms with Crippen molar-refractivity contribution in [3.63, 3.8) is 0 Å². The Morgan fingerprint density at radius 3 is 2.33 bits per heavy atom. The predicted molar refractivity (Wildman–Crippen MR) is 68.2 cm³/mol. The molecule has 5 nitrogen and oxygen atoms in total. The third kappa shape index (κ3) is 3.03. The molecular formula is C12H21NO4S. The van der Waals surface area contributed by atoms with Crippen molar-refractivity contribution < 1.29 is 18.3 Å². The largest absolute Gasteiger partial charge is 0.480 e. The number of carbonyl (C=O) groups is 1. The van der Waals surface area contributed by atoms with E-state index >= 15 is 0 Å². The average molecular weight is 275 g/mol. The summed E-state index contributed by atoms with van der Waals surface area (Å²) < 4.78 is 22.3. The summed E-state index contributed by atoms with van der Waals surface area (Å²) in [5.74, 6) is -0.945. The lowest BCUT2D eigenvalue weighted by Crippen LogP contribution is -2.60. The fraction of sp³-hybridized carbons (Fsp3) is 0.917. The number of carboxylic acid groups (broad SMARTS) is 1. The van der Waals surface area contributed by atoms with E-state index in [1.165, 1.54) is 25.7 Å². The number of hydrogen-bond donors (Lipinski definition) is 1. The van der Waals surface area contributed by atoms with Crippen LogP contribution in [0.5, 0.6) is 0 Å². The third-order valence-corrected chi connectivity index (χ3v) is 5.21. The second kappa shape index (κ2) is 4.81. The van der Waals surface area contributed by atoms with Gasteiger partial charge >= 0.3 is 5.97 Å². The maximum absolute atomic E-state index is 11.2. The predicted octanol–water partition coefficient (Wildman–Crippen LogP) is 0.750. The van der Waals surface area contributed by atoms with Gasteiger partial charge in [-0.05, 0) is 24.7 Å². The zero-order valence-electron chi connectivity index (χ0n) is 10.8. The van der Waals surface area contributed by atoms with Gasteiger partial charge in [0.25, 0.3) is 0 Å². The van der Waals surface area contributed by atoms with Gasteiger partial charge in [-0.3, -0.25) is 9.69 Å². The quantitative estimate of drug-likeness (QED) is 0.801. The molecule has 1 aliphatic carbocycles. The Balaban J connectivity index is 1.90. The fourth-order valence-electron chi connectivity index (χ4n) is 3.26. The summed E-state index contributed by atoms with van der Waals surface area (Å²) in [6, 6.07) is -0.633. The van der Waals surface area contributed by atoms with Crippen LogP contribution in [0.3, 0.4) is 0 Å². The smallest absolute Gasteiger partial charge is 0.320 e. The first-order valence-electron chi connectivity index (χ1n) is 6.46. The van der Waals surface area contributed by atoms with Gasteiger partial charge in [0.15, 0.2) is 0 Å². The Morgan fingerprint density at radius 2 is 1.89 bits per heavy atom. The van der Waals surface area contributed by atoms with Crippen molar-refractivity contribution in [3.05, 3.63) is 0 Å². The van der Waals surface area contributed by atoms with Crippen LogP contribution >= 0.6 is 0 Å². The lowest BCUT2D eigenvalue weighted by molar-refractivity contribution is -0.149. The minimum absolute atomic E-state index is 0.0481. The molecule has 1 aliphatic heterocycles. The Morgan fingerprint density at radius 1 is 1.33 bits per heavy atom. The summed E-state index contributed by atoms with van der Waals surface area (Å²) in [6.07, 6.45) is 6.23. The lowest BCUT2D eigenvalue weighted by atomic mass is 9.77. The summed E-state index contributed by atoms with van der Waals surface area (Å²) in [5, 5.41) is 9.20. The number of likely N-dealkylation sites (tertiary alicyclic amines) is 1. The molecular weight excluding hydrogens is 254 g/mol. The molecule has 0 bridgehead atoms. The highest BCUT2D eigenvalue weighted by atomic mass is 32.2. The Hall–Kier alpha value is -0.620. The van der Waals surface area contributed by atoms with E-state index in [1.807, 2.05) is 4.90 Å². The third-order valence-electron chi connectivity index (χ3n) is 4.23. The molecule has 18 heavy (non-hydrogen) atoms. The molecule has 2 rings (SSSR count). The Kier molecular flexibility index (Phi) is 3.69. The van der Waals surface area contributed by atoms with Crippen molar-refractivity contribution in [1.82, 2.24) is 4.90 Å². The van der Waals surface area contributed by atoms with E-state index in [0.29, 0.717) is 5.41 Å². The van der Waals surface area contributed by atoms with Crippen LogP contribution in [0.4, 0.5) is 0 Å². The molecule has 0 amide bonds. The van der Waals surface area contributed by atoms with E-state index in [9.17, 15) is 18.3 Å². The van der Waals surface area contributed by atoms with E-state index < -0.39 is 21.8 Å². The monoisotopic (exact) mass is 275 g/mol. The van der Waals surface area contributed by atoms with Crippen LogP contribution < -0.4 is 0 Å². The van der Waals surface area contributed by atoms with E-state index in [2.05, 4.69) is 0 Å². The highest BCUT2D eigenvalue weighted by Gasteiger charge is 2.48. The summed E-state index contributed by atoms with van der Waals surface area (Å²) >= 11 is 0. The molecule has 104 valence electrons. The molecule has 1 saturated heterocycles. The minimum Gasteiger partial charge on any atom is -0.480 e. The number of carboxylic acids is 1. The fourth-order valence-corrected chi connectivity index (χ4v) is 3.92. The van der Waals surface area contributed by atoms with Gasteiger partial charge in [0, 0.05) is 19.3 Å². The Labute approximate surface area is 108 Å². The molecule has 0 radical (unpaired) electrons. The van der Waals surface area contributed by atoms with Crippen molar-refractivity contribution in [2.24, 2.45) is 5.41 Å². The van der Waals surface area contributed by atoms with Crippen molar-refractivity contribution in [1.29, 1.82) is 0 Å². The standard InChI is InChI=1S/C12H21NO4S/c1-18(16,17)7-4-10(11(14)15)13-8-12(9-13)5-2-3-6-12/h10H,2-9H2,1H3,(H,14,15). The second-order valence-corrected chi connectivity index (χ2v) is 8.14. The molecule has 2 fully saturated rings. The van der Waals surface area contributed by atoms with Gasteiger partial charge < -0.3 is 5.11 Å². The van der Waals surface area contributed by atoms with Crippen molar-refractivity contribution in [2.75, 3.05) is 25.1 Å². The molecule has 1 heterocycles. The molecule has 1 saturated carbocycles. The average Bonchev–Trinajstić information content (AvgIpc) is 2.63. The highest BCUT2D eigenvalue weighted by molar-refractivity contribution is 7.90. The van der Waals surface area contributed by atoms with E-state index in [0.717, 1.165) is 19.3 Å². The number of sulfone groups is 1. The first kappa shape index (κ1) is 13.8. The van der Waals surface area contributed by atoms with Gasteiger partial charge in [-0.1, -0.05) is 12.8 Å². The molecule has 1 N–H and O–H groups in total. The summed E-state index contributed by atoms with van der Waals surface area (Å²) in [7, 11) is -3.09. The van der Waals surface area contributed by atoms with Gasteiger partial charge in [0.1, 0.15) is 15.9 Å². The van der Waals surface area contributed by atoms with Crippen LogP contribution in [0, 0.1) is 5.41 Å². The van der Waals surface area contributed by atoms with E-state index in [-0.39, 0.29) is 12.2 Å². The first-order valence-corrected chi connectivity index (χ1v) is 8.52. The van der Waals surface area contributed by atoms with Gasteiger partial charge in [-0.25, -0.2) is 8.42 Å². The summed E-state index contributed by atoms with van der Waals surface area (Å²) in [5.41, 5.74) is 0.346. The van der Waals surface area contributed by atoms with Gasteiger partial charge in [0.05, 0.1) is 5.75 Å². The van der Waals surface area contributed by atoms with E-state index in [4.69, 9.17) is 0 Å². The highest BCUT2D eigenvalue weighted by Crippen LogP contribution is 2.46. The molecule has 1 atom stereocenters. The van der Waals surface area contributed by atoms with Crippen LogP contribution in [0.2, 0.25) is 0 Å². The first-order chi connectivity index (χ1) is 8.31. The van der Waals surface area contributed by atoms with Gasteiger partial charge in [-0.15, -0.1) is 0 Å². The zero-order valence-corrected chi connectivity index (χ0v) is 11.6. The normalized spacial score (nSPS) is 24.9. The van der Waals surface area contributed by atoms with Crippen LogP contribution in [0.25, 0.3) is 0 Å². The zero-order chi connectivity index (χ0) is 13.4. The molecule has 6 heteroatoms. The summed E-state index contributed by atoms with van der Waals surface area (Å²) in [6.45, 7) is 1.65. The van der Waals surface area contributed by atoms with Crippen LogP contribution in [0.1, 0.15) is 32.1 Å². The number of hydrogen-bond acceptors (Lipinski definition) is 4. The van der Waals surface area contributed by atoms with Gasteiger partial charge in [-0.2, -0.15) is 0 Å². The van der Waals surface area contributed by atoms with Crippen LogP contribution in [-0.4, -0.2) is 55.5 Å². The van der Waals surface area contributed by atoms with Crippen LogP contribution in [0.15, 0.2) is 0 Å². The molecule has 1 spiro atoms. The number of rotatable bonds is 5. The van der Waals surface area contributed by atoms with Crippen molar-refractivity contribution >= 4 is 15.8 Å². The molecule has 0 aromatic heterocycles. The number of nitrogens with zero attached hydrogens (tertiary/aromatic N) is 1.